The lowest BCUT2D eigenvalue weighted by Gasteiger charge is -2.34. The number of ether oxygens (including phenoxy) is 2. The van der Waals surface area contributed by atoms with E-state index >= 15 is 0 Å². The van der Waals surface area contributed by atoms with Crippen LogP contribution >= 0.6 is 0 Å². The van der Waals surface area contributed by atoms with Crippen LogP contribution in [-0.4, -0.2) is 48.5 Å². The molecule has 4 aromatic rings. The summed E-state index contributed by atoms with van der Waals surface area (Å²) in [5, 5.41) is 7.54. The van der Waals surface area contributed by atoms with E-state index in [0.29, 0.717) is 0 Å². The zero-order valence-electron chi connectivity index (χ0n) is 17.5. The summed E-state index contributed by atoms with van der Waals surface area (Å²) >= 11 is 0. The number of furan rings is 1. The highest BCUT2D eigenvalue weighted by Gasteiger charge is 2.28. The van der Waals surface area contributed by atoms with Gasteiger partial charge in [0.05, 0.1) is 32.6 Å². The molecule has 0 aliphatic carbocycles. The van der Waals surface area contributed by atoms with Crippen LogP contribution in [0.15, 0.2) is 77.5 Å². The van der Waals surface area contributed by atoms with Crippen molar-refractivity contribution in [2.24, 2.45) is 0 Å². The third-order valence-corrected chi connectivity index (χ3v) is 5.78. The van der Waals surface area contributed by atoms with Gasteiger partial charge in [-0.25, -0.2) is 0 Å². The van der Waals surface area contributed by atoms with Crippen molar-refractivity contribution in [3.05, 3.63) is 84.3 Å². The number of nitrogens with zero attached hydrogens (tertiary/aromatic N) is 2. The van der Waals surface area contributed by atoms with Gasteiger partial charge in [0.2, 0.25) is 0 Å². The first-order valence-corrected chi connectivity index (χ1v) is 10.5. The minimum Gasteiger partial charge on any atom is -0.497 e. The number of methoxy groups -OCH3 is 1. The molecule has 2 aromatic carbocycles. The van der Waals surface area contributed by atoms with E-state index in [9.17, 15) is 0 Å². The molecular weight excluding hydrogens is 390 g/mol. The summed E-state index contributed by atoms with van der Waals surface area (Å²) in [5.74, 6) is 1.63. The average molecular weight is 415 g/mol. The summed E-state index contributed by atoms with van der Waals surface area (Å²) in [6, 6.07) is 20.8. The maximum absolute atomic E-state index is 5.65. The van der Waals surface area contributed by atoms with Gasteiger partial charge in [-0.3, -0.25) is 10.00 Å². The molecule has 1 unspecified atom stereocenters. The van der Waals surface area contributed by atoms with Crippen molar-refractivity contribution in [1.29, 1.82) is 0 Å². The number of rotatable bonds is 6. The molecule has 0 amide bonds. The monoisotopic (exact) mass is 415 g/mol. The molecule has 2 aromatic heterocycles. The van der Waals surface area contributed by atoms with Crippen molar-refractivity contribution in [3.8, 4) is 28.3 Å². The molecule has 0 saturated carbocycles. The predicted molar refractivity (Wildman–Crippen MR) is 119 cm³/mol. The van der Waals surface area contributed by atoms with Gasteiger partial charge in [-0.2, -0.15) is 5.10 Å². The van der Waals surface area contributed by atoms with Crippen LogP contribution in [0.5, 0.6) is 5.75 Å². The topological polar surface area (TPSA) is 63.5 Å². The van der Waals surface area contributed by atoms with E-state index in [0.717, 1.165) is 54.6 Å². The van der Waals surface area contributed by atoms with Crippen molar-refractivity contribution in [1.82, 2.24) is 15.1 Å². The first-order valence-electron chi connectivity index (χ1n) is 10.5. The summed E-state index contributed by atoms with van der Waals surface area (Å²) in [6.45, 7) is 3.20. The second kappa shape index (κ2) is 8.79. The molecule has 5 rings (SSSR count). The Labute approximate surface area is 181 Å². The molecule has 1 N–H and O–H groups in total. The van der Waals surface area contributed by atoms with Crippen LogP contribution in [0.4, 0.5) is 0 Å². The standard InChI is InChI=1S/C25H25N3O3/c1-29-21-10-8-19(9-11-21)18-4-6-20(7-5-18)25(28-12-15-30-16-13-28)22-17-26-27-24(22)23-3-2-14-31-23/h2-11,14,17,25H,12-13,15-16H2,1H3,(H,26,27). The van der Waals surface area contributed by atoms with Crippen LogP contribution in [0.2, 0.25) is 0 Å². The van der Waals surface area contributed by atoms with Crippen molar-refractivity contribution in [3.63, 3.8) is 0 Å². The molecule has 6 nitrogen and oxygen atoms in total. The lowest BCUT2D eigenvalue weighted by molar-refractivity contribution is 0.0240. The van der Waals surface area contributed by atoms with E-state index in [1.54, 1.807) is 13.4 Å². The summed E-state index contributed by atoms with van der Waals surface area (Å²) in [4.78, 5) is 2.45. The fourth-order valence-electron chi connectivity index (χ4n) is 4.18. The average Bonchev–Trinajstić information content (AvgIpc) is 3.53. The number of aromatic amines is 1. The first-order chi connectivity index (χ1) is 15.3. The highest BCUT2D eigenvalue weighted by Crippen LogP contribution is 2.36. The maximum atomic E-state index is 5.65. The van der Waals surface area contributed by atoms with Gasteiger partial charge >= 0.3 is 0 Å². The SMILES string of the molecule is COc1ccc(-c2ccc(C(c3c[nH]nc3-c3ccco3)N3CCOCC3)cc2)cc1. The Morgan fingerprint density at radius 1 is 0.968 bits per heavy atom. The van der Waals surface area contributed by atoms with Crippen LogP contribution in [0.25, 0.3) is 22.6 Å². The smallest absolute Gasteiger partial charge is 0.154 e. The van der Waals surface area contributed by atoms with Gasteiger partial charge in [-0.15, -0.1) is 0 Å². The Kier molecular flexibility index (Phi) is 5.56. The Morgan fingerprint density at radius 3 is 2.32 bits per heavy atom. The molecule has 1 fully saturated rings. The van der Waals surface area contributed by atoms with Crippen LogP contribution in [0.3, 0.4) is 0 Å². The number of aromatic nitrogens is 2. The fraction of sp³-hybridized carbons (Fsp3) is 0.240. The lowest BCUT2D eigenvalue weighted by Crippen LogP contribution is -2.39. The second-order valence-electron chi connectivity index (χ2n) is 7.57. The quantitative estimate of drug-likeness (QED) is 0.492. The fourth-order valence-corrected chi connectivity index (χ4v) is 4.18. The van der Waals surface area contributed by atoms with Crippen LogP contribution < -0.4 is 4.74 Å². The molecular formula is C25H25N3O3. The van der Waals surface area contributed by atoms with Gasteiger partial charge in [0, 0.05) is 24.8 Å². The molecule has 1 atom stereocenters. The zero-order chi connectivity index (χ0) is 21.0. The minimum absolute atomic E-state index is 0.0627. The predicted octanol–water partition coefficient (Wildman–Crippen LogP) is 4.77. The maximum Gasteiger partial charge on any atom is 0.154 e. The zero-order valence-corrected chi connectivity index (χ0v) is 17.5. The van der Waals surface area contributed by atoms with Crippen molar-refractivity contribution in [2.45, 2.75) is 6.04 Å². The molecule has 6 heteroatoms. The Bertz CT molecular complexity index is 1100. The molecule has 1 saturated heterocycles. The highest BCUT2D eigenvalue weighted by molar-refractivity contribution is 5.65. The molecule has 1 aliphatic rings. The number of hydrogen-bond donors (Lipinski definition) is 1. The molecule has 31 heavy (non-hydrogen) atoms. The molecule has 158 valence electrons. The van der Waals surface area contributed by atoms with E-state index in [4.69, 9.17) is 13.9 Å². The van der Waals surface area contributed by atoms with Gasteiger partial charge in [0.15, 0.2) is 5.76 Å². The molecule has 0 spiro atoms. The molecule has 0 radical (unpaired) electrons. The molecule has 1 aliphatic heterocycles. The van der Waals surface area contributed by atoms with Crippen molar-refractivity contribution in [2.75, 3.05) is 33.4 Å². The van der Waals surface area contributed by atoms with Crippen molar-refractivity contribution >= 4 is 0 Å². The van der Waals surface area contributed by atoms with E-state index in [2.05, 4.69) is 51.5 Å². The normalized spacial score (nSPS) is 15.6. The van der Waals surface area contributed by atoms with E-state index in [1.807, 2.05) is 30.5 Å². The van der Waals surface area contributed by atoms with Gasteiger partial charge in [0.1, 0.15) is 11.4 Å². The first kappa shape index (κ1) is 19.6. The number of hydrogen-bond acceptors (Lipinski definition) is 5. The summed E-state index contributed by atoms with van der Waals surface area (Å²) in [5.41, 5.74) is 5.50. The summed E-state index contributed by atoms with van der Waals surface area (Å²) < 4.78 is 16.5. The van der Waals surface area contributed by atoms with E-state index < -0.39 is 0 Å². The van der Waals surface area contributed by atoms with Gasteiger partial charge in [-0.1, -0.05) is 36.4 Å². The summed E-state index contributed by atoms with van der Waals surface area (Å²) in [7, 11) is 1.68. The second-order valence-corrected chi connectivity index (χ2v) is 7.57. The van der Waals surface area contributed by atoms with E-state index in [-0.39, 0.29) is 6.04 Å². The number of H-pyrrole nitrogens is 1. The van der Waals surface area contributed by atoms with Gasteiger partial charge < -0.3 is 13.9 Å². The highest BCUT2D eigenvalue weighted by atomic mass is 16.5. The van der Waals surface area contributed by atoms with Crippen LogP contribution in [0.1, 0.15) is 17.2 Å². The van der Waals surface area contributed by atoms with Crippen LogP contribution in [0, 0.1) is 0 Å². The van der Waals surface area contributed by atoms with Gasteiger partial charge in [0.25, 0.3) is 0 Å². The minimum atomic E-state index is 0.0627. The Hall–Kier alpha value is -3.35. The number of morpholine rings is 1. The third kappa shape index (κ3) is 4.00. The van der Waals surface area contributed by atoms with Crippen molar-refractivity contribution < 1.29 is 13.9 Å². The summed E-state index contributed by atoms with van der Waals surface area (Å²) in [6.07, 6.45) is 3.66. The van der Waals surface area contributed by atoms with Crippen LogP contribution in [-0.2, 0) is 4.74 Å². The van der Waals surface area contributed by atoms with E-state index in [1.165, 1.54) is 11.1 Å². The largest absolute Gasteiger partial charge is 0.497 e. The molecule has 0 bridgehead atoms. The Balaban J connectivity index is 1.51. The lowest BCUT2D eigenvalue weighted by atomic mass is 9.94. The van der Waals surface area contributed by atoms with Gasteiger partial charge in [-0.05, 0) is 41.0 Å². The Morgan fingerprint density at radius 2 is 1.68 bits per heavy atom. The molecule has 3 heterocycles. The number of nitrogens with one attached hydrogen (secondary N) is 1. The number of benzene rings is 2. The third-order valence-electron chi connectivity index (χ3n) is 5.78.